The number of nitrogens with two attached hydrogens (primary N) is 1. The average molecular weight is 426 g/mol. The van der Waals surface area contributed by atoms with Crippen LogP contribution in [0.1, 0.15) is 11.1 Å². The second-order valence-corrected chi connectivity index (χ2v) is 6.91. The Hall–Kier alpha value is -3.72. The number of anilines is 2. The van der Waals surface area contributed by atoms with Gasteiger partial charge in [-0.25, -0.2) is 9.18 Å². The molecule has 3 rings (SSSR count). The number of amides is 1. The lowest BCUT2D eigenvalue weighted by Gasteiger charge is -2.24. The third kappa shape index (κ3) is 5.26. The van der Waals surface area contributed by atoms with Crippen molar-refractivity contribution in [2.24, 2.45) is 0 Å². The van der Waals surface area contributed by atoms with Crippen LogP contribution < -0.4 is 21.9 Å². The van der Waals surface area contributed by atoms with E-state index in [-0.39, 0.29) is 37.6 Å². The smallest absolute Gasteiger partial charge is 0.330 e. The summed E-state index contributed by atoms with van der Waals surface area (Å²) in [5, 5.41) is 0. The molecule has 1 heterocycles. The number of methoxy groups -OCH3 is 1. The zero-order valence-electron chi connectivity index (χ0n) is 17.0. The number of H-pyrrole nitrogens is 1. The van der Waals surface area contributed by atoms with Crippen LogP contribution in [-0.4, -0.2) is 35.7 Å². The monoisotopic (exact) mass is 426 g/mol. The fraction of sp³-hybridized carbons (Fsp3) is 0.227. The van der Waals surface area contributed by atoms with Gasteiger partial charge < -0.3 is 15.4 Å². The molecule has 1 aromatic heterocycles. The molecule has 0 saturated carbocycles. The maximum absolute atomic E-state index is 13.2. The van der Waals surface area contributed by atoms with Crippen LogP contribution >= 0.6 is 0 Å². The first-order chi connectivity index (χ1) is 14.9. The minimum absolute atomic E-state index is 0.0490. The summed E-state index contributed by atoms with van der Waals surface area (Å²) in [7, 11) is 1.46. The molecule has 3 N–H and O–H groups in total. The van der Waals surface area contributed by atoms with Crippen LogP contribution in [0.4, 0.5) is 15.9 Å². The highest BCUT2D eigenvalue weighted by Gasteiger charge is 2.24. The predicted molar refractivity (Wildman–Crippen MR) is 116 cm³/mol. The number of carbonyl (C=O) groups excluding carboxylic acids is 1. The Morgan fingerprint density at radius 2 is 1.77 bits per heavy atom. The molecule has 31 heavy (non-hydrogen) atoms. The maximum Gasteiger partial charge on any atom is 0.330 e. The number of nitrogens with one attached hydrogen (secondary N) is 1. The lowest BCUT2D eigenvalue weighted by molar-refractivity contribution is -0.118. The van der Waals surface area contributed by atoms with Crippen LogP contribution in [0.5, 0.6) is 0 Å². The molecule has 0 aliphatic carbocycles. The number of halogens is 1. The van der Waals surface area contributed by atoms with Crippen LogP contribution in [0, 0.1) is 5.82 Å². The Labute approximate surface area is 177 Å². The zero-order valence-corrected chi connectivity index (χ0v) is 17.0. The number of aromatic nitrogens is 2. The lowest BCUT2D eigenvalue weighted by atomic mass is 10.1. The summed E-state index contributed by atoms with van der Waals surface area (Å²) in [4.78, 5) is 41.5. The van der Waals surface area contributed by atoms with Crippen molar-refractivity contribution in [2.45, 2.75) is 13.0 Å². The van der Waals surface area contributed by atoms with Crippen LogP contribution in [0.2, 0.25) is 0 Å². The van der Waals surface area contributed by atoms with Gasteiger partial charge in [-0.1, -0.05) is 42.5 Å². The summed E-state index contributed by atoms with van der Waals surface area (Å²) < 4.78 is 19.5. The van der Waals surface area contributed by atoms with Crippen molar-refractivity contribution in [3.8, 4) is 0 Å². The summed E-state index contributed by atoms with van der Waals surface area (Å²) in [6.45, 7) is 0.318. The van der Waals surface area contributed by atoms with Gasteiger partial charge in [0.05, 0.1) is 19.6 Å². The van der Waals surface area contributed by atoms with Crippen LogP contribution in [0.3, 0.4) is 0 Å². The van der Waals surface area contributed by atoms with Crippen molar-refractivity contribution in [1.82, 2.24) is 9.55 Å². The molecule has 0 atom stereocenters. The highest BCUT2D eigenvalue weighted by atomic mass is 19.1. The van der Waals surface area contributed by atoms with E-state index in [4.69, 9.17) is 10.5 Å². The van der Waals surface area contributed by atoms with Gasteiger partial charge in [-0.15, -0.1) is 0 Å². The van der Waals surface area contributed by atoms with Gasteiger partial charge in [0.1, 0.15) is 11.6 Å². The summed E-state index contributed by atoms with van der Waals surface area (Å²) in [6, 6.07) is 14.6. The molecule has 0 radical (unpaired) electrons. The molecule has 162 valence electrons. The van der Waals surface area contributed by atoms with Gasteiger partial charge in [-0.2, -0.15) is 0 Å². The number of hydrogen-bond donors (Lipinski definition) is 2. The van der Waals surface area contributed by atoms with Gasteiger partial charge in [0, 0.05) is 13.7 Å². The third-order valence-corrected chi connectivity index (χ3v) is 4.76. The molecule has 0 fully saturated rings. The maximum atomic E-state index is 13.2. The van der Waals surface area contributed by atoms with E-state index in [2.05, 4.69) is 4.98 Å². The molecule has 0 saturated heterocycles. The standard InChI is InChI=1S/C22H23FN4O4/c1-31-12-11-26(18(28)13-15-7-9-17(23)10-8-15)19-20(24)27(22(30)25-21(19)29)14-16-5-3-2-4-6-16/h2-10H,11-14,24H2,1H3,(H,25,29,30). The number of hydrogen-bond acceptors (Lipinski definition) is 5. The molecule has 1 amide bonds. The first kappa shape index (κ1) is 22.0. The van der Waals surface area contributed by atoms with Gasteiger partial charge in [0.15, 0.2) is 5.69 Å². The fourth-order valence-electron chi connectivity index (χ4n) is 3.18. The summed E-state index contributed by atoms with van der Waals surface area (Å²) in [6.07, 6.45) is -0.0827. The first-order valence-corrected chi connectivity index (χ1v) is 9.61. The first-order valence-electron chi connectivity index (χ1n) is 9.61. The van der Waals surface area contributed by atoms with Crippen molar-refractivity contribution in [3.63, 3.8) is 0 Å². The number of rotatable bonds is 8. The Bertz CT molecular complexity index is 1160. The third-order valence-electron chi connectivity index (χ3n) is 4.76. The highest BCUT2D eigenvalue weighted by Crippen LogP contribution is 2.19. The molecule has 8 nitrogen and oxygen atoms in total. The number of nitrogens with zero attached hydrogens (tertiary/aromatic N) is 2. The van der Waals surface area contributed by atoms with Crippen LogP contribution in [-0.2, 0) is 22.5 Å². The Morgan fingerprint density at radius 3 is 2.42 bits per heavy atom. The second kappa shape index (κ2) is 9.86. The van der Waals surface area contributed by atoms with Gasteiger partial charge >= 0.3 is 5.69 Å². The minimum Gasteiger partial charge on any atom is -0.383 e. The van der Waals surface area contributed by atoms with E-state index in [1.165, 1.54) is 40.8 Å². The van der Waals surface area contributed by atoms with Crippen molar-refractivity contribution in [3.05, 3.63) is 92.4 Å². The number of carbonyl (C=O) groups is 1. The van der Waals surface area contributed by atoms with Crippen LogP contribution in [0.25, 0.3) is 0 Å². The molecule has 0 bridgehead atoms. The predicted octanol–water partition coefficient (Wildman–Crippen LogP) is 1.53. The molecular weight excluding hydrogens is 403 g/mol. The topological polar surface area (TPSA) is 110 Å². The molecule has 9 heteroatoms. The summed E-state index contributed by atoms with van der Waals surface area (Å²) in [5.74, 6) is -0.979. The molecule has 0 aliphatic heterocycles. The van der Waals surface area contributed by atoms with E-state index in [0.717, 1.165) is 5.56 Å². The molecule has 2 aromatic carbocycles. The fourth-order valence-corrected chi connectivity index (χ4v) is 3.18. The van der Waals surface area contributed by atoms with E-state index in [1.54, 1.807) is 0 Å². The Balaban J connectivity index is 2.00. The molecule has 0 spiro atoms. The number of benzene rings is 2. The molecular formula is C22H23FN4O4. The number of nitrogen functional groups attached to an aromatic ring is 1. The average Bonchev–Trinajstić information content (AvgIpc) is 2.75. The van der Waals surface area contributed by atoms with Crippen LogP contribution in [0.15, 0.2) is 64.2 Å². The van der Waals surface area contributed by atoms with E-state index >= 15 is 0 Å². The van der Waals surface area contributed by atoms with Crippen molar-refractivity contribution >= 4 is 17.4 Å². The molecule has 0 unspecified atom stereocenters. The van der Waals surface area contributed by atoms with E-state index in [0.29, 0.717) is 5.56 Å². The molecule has 3 aromatic rings. The Kier molecular flexibility index (Phi) is 6.99. The number of aromatic amines is 1. The summed E-state index contributed by atoms with van der Waals surface area (Å²) >= 11 is 0. The Morgan fingerprint density at radius 1 is 1.10 bits per heavy atom. The highest BCUT2D eigenvalue weighted by molar-refractivity contribution is 5.96. The largest absolute Gasteiger partial charge is 0.383 e. The summed E-state index contributed by atoms with van der Waals surface area (Å²) in [5.41, 5.74) is 6.02. The van der Waals surface area contributed by atoms with Gasteiger partial charge in [0.2, 0.25) is 5.91 Å². The van der Waals surface area contributed by atoms with E-state index < -0.39 is 23.0 Å². The number of ether oxygens (including phenoxy) is 1. The quantitative estimate of drug-likeness (QED) is 0.568. The van der Waals surface area contributed by atoms with E-state index in [1.807, 2.05) is 30.3 Å². The van der Waals surface area contributed by atoms with Gasteiger partial charge in [-0.05, 0) is 23.3 Å². The second-order valence-electron chi connectivity index (χ2n) is 6.91. The normalized spacial score (nSPS) is 10.8. The van der Waals surface area contributed by atoms with Crippen molar-refractivity contribution in [2.75, 3.05) is 30.9 Å². The van der Waals surface area contributed by atoms with Gasteiger partial charge in [-0.3, -0.25) is 19.1 Å². The lowest BCUT2D eigenvalue weighted by Crippen LogP contribution is -2.43. The SMILES string of the molecule is COCCN(C(=O)Cc1ccc(F)cc1)c1c(N)n(Cc2ccccc2)c(=O)[nH]c1=O. The van der Waals surface area contributed by atoms with Gasteiger partial charge in [0.25, 0.3) is 5.56 Å². The van der Waals surface area contributed by atoms with E-state index in [9.17, 15) is 18.8 Å². The zero-order chi connectivity index (χ0) is 22.4. The van der Waals surface area contributed by atoms with Crippen molar-refractivity contribution < 1.29 is 13.9 Å². The van der Waals surface area contributed by atoms with Crippen molar-refractivity contribution in [1.29, 1.82) is 0 Å². The molecule has 0 aliphatic rings. The minimum atomic E-state index is -0.768.